The number of nitrogens with one attached hydrogen (secondary N) is 1. The first kappa shape index (κ1) is 24.6. The Kier molecular flexibility index (Phi) is 7.26. The topological polar surface area (TPSA) is 71.8 Å². The van der Waals surface area contributed by atoms with E-state index in [1.54, 1.807) is 0 Å². The lowest BCUT2D eigenvalue weighted by Crippen LogP contribution is -2.29. The second kappa shape index (κ2) is 10.9. The van der Waals surface area contributed by atoms with Crippen LogP contribution in [0.4, 0.5) is 11.4 Å². The molecule has 0 saturated carbocycles. The summed E-state index contributed by atoms with van der Waals surface area (Å²) in [7, 11) is 0. The summed E-state index contributed by atoms with van der Waals surface area (Å²) in [6, 6.07) is 21.5. The molecular weight excluding hydrogens is 464 g/mol. The van der Waals surface area contributed by atoms with Crippen molar-refractivity contribution in [2.24, 2.45) is 0 Å². The molecule has 1 fully saturated rings. The average Bonchev–Trinajstić information content (AvgIpc) is 2.92. The lowest BCUT2D eigenvalue weighted by molar-refractivity contribution is -0.118. The molecule has 1 aromatic heterocycles. The number of nitrogens with zero attached hydrogens (tertiary/aromatic N) is 1. The zero-order valence-electron chi connectivity index (χ0n) is 21.4. The highest BCUT2D eigenvalue weighted by Gasteiger charge is 2.16. The number of hydrogen-bond donors (Lipinski definition) is 1. The van der Waals surface area contributed by atoms with Crippen LogP contribution < -0.4 is 20.6 Å². The zero-order chi connectivity index (χ0) is 25.8. The second-order valence-corrected chi connectivity index (χ2v) is 9.65. The Morgan fingerprint density at radius 3 is 2.38 bits per heavy atom. The van der Waals surface area contributed by atoms with Gasteiger partial charge in [0.2, 0.25) is 0 Å². The van der Waals surface area contributed by atoms with E-state index < -0.39 is 0 Å². The predicted octanol–water partition coefficient (Wildman–Crippen LogP) is 6.01. The van der Waals surface area contributed by atoms with Gasteiger partial charge in [-0.3, -0.25) is 4.79 Å². The molecule has 2 heterocycles. The Morgan fingerprint density at radius 2 is 1.65 bits per heavy atom. The van der Waals surface area contributed by atoms with Gasteiger partial charge in [-0.25, -0.2) is 4.79 Å². The standard InChI is InChI=1S/C31H32N2O4/c1-21-26-15-16-28(22(2)30(26)37-31(35)27(21)19-23-9-5-3-6-10-23)36-20-29(34)32-24-11-13-25(14-12-24)33-17-7-4-8-18-33/h3,5-6,9-16H,4,7-8,17-20H2,1-2H3,(H,32,34). The molecule has 1 N–H and O–H groups in total. The molecule has 37 heavy (non-hydrogen) atoms. The minimum atomic E-state index is -0.347. The summed E-state index contributed by atoms with van der Waals surface area (Å²) >= 11 is 0. The summed E-state index contributed by atoms with van der Waals surface area (Å²) in [4.78, 5) is 27.8. The van der Waals surface area contributed by atoms with Gasteiger partial charge in [-0.2, -0.15) is 0 Å². The SMILES string of the molecule is Cc1c(Cc2ccccc2)c(=O)oc2c(C)c(OCC(=O)Nc3ccc(N4CCCCC4)cc3)ccc12. The molecule has 190 valence electrons. The molecule has 0 aliphatic carbocycles. The van der Waals surface area contributed by atoms with Crippen LogP contribution in [0, 0.1) is 13.8 Å². The first-order chi connectivity index (χ1) is 18.0. The van der Waals surface area contributed by atoms with Crippen LogP contribution in [0.3, 0.4) is 0 Å². The van der Waals surface area contributed by atoms with E-state index in [0.717, 1.165) is 35.3 Å². The van der Waals surface area contributed by atoms with Crippen molar-refractivity contribution in [3.63, 3.8) is 0 Å². The first-order valence-electron chi connectivity index (χ1n) is 12.9. The monoisotopic (exact) mass is 496 g/mol. The van der Waals surface area contributed by atoms with E-state index in [1.165, 1.54) is 24.9 Å². The number of anilines is 2. The van der Waals surface area contributed by atoms with E-state index >= 15 is 0 Å². The van der Waals surface area contributed by atoms with Crippen molar-refractivity contribution >= 4 is 28.3 Å². The third-order valence-corrected chi connectivity index (χ3v) is 7.11. The van der Waals surface area contributed by atoms with Gasteiger partial charge in [-0.05, 0) is 80.6 Å². The summed E-state index contributed by atoms with van der Waals surface area (Å²) in [6.07, 6.45) is 4.26. The van der Waals surface area contributed by atoms with Crippen LogP contribution in [0.2, 0.25) is 0 Å². The van der Waals surface area contributed by atoms with Gasteiger partial charge >= 0.3 is 5.63 Å². The molecule has 6 nitrogen and oxygen atoms in total. The highest BCUT2D eigenvalue weighted by atomic mass is 16.5. The van der Waals surface area contributed by atoms with Gasteiger partial charge in [-0.15, -0.1) is 0 Å². The van der Waals surface area contributed by atoms with Gasteiger partial charge in [0.15, 0.2) is 6.61 Å². The zero-order valence-corrected chi connectivity index (χ0v) is 21.4. The molecule has 0 atom stereocenters. The third-order valence-electron chi connectivity index (χ3n) is 7.11. The molecule has 6 heteroatoms. The van der Waals surface area contributed by atoms with Crippen molar-refractivity contribution < 1.29 is 13.9 Å². The van der Waals surface area contributed by atoms with Crippen LogP contribution in [0.1, 0.15) is 41.5 Å². The fourth-order valence-electron chi connectivity index (χ4n) is 4.98. The third kappa shape index (κ3) is 5.53. The summed E-state index contributed by atoms with van der Waals surface area (Å²) < 4.78 is 11.6. The number of carbonyl (C=O) groups excluding carboxylic acids is 1. The van der Waals surface area contributed by atoms with E-state index in [2.05, 4.69) is 10.2 Å². The van der Waals surface area contributed by atoms with Crippen molar-refractivity contribution in [3.8, 4) is 5.75 Å². The van der Waals surface area contributed by atoms with E-state index in [-0.39, 0.29) is 18.1 Å². The molecular formula is C31H32N2O4. The molecule has 1 amide bonds. The van der Waals surface area contributed by atoms with Crippen LogP contribution >= 0.6 is 0 Å². The molecule has 0 spiro atoms. The van der Waals surface area contributed by atoms with Crippen molar-refractivity contribution in [3.05, 3.63) is 99.4 Å². The summed E-state index contributed by atoms with van der Waals surface area (Å²) in [5.74, 6) is 0.266. The first-order valence-corrected chi connectivity index (χ1v) is 12.9. The number of ether oxygens (including phenoxy) is 1. The fraction of sp³-hybridized carbons (Fsp3) is 0.290. The maximum Gasteiger partial charge on any atom is 0.340 e. The average molecular weight is 497 g/mol. The van der Waals surface area contributed by atoms with Crippen LogP contribution in [0.25, 0.3) is 11.0 Å². The van der Waals surface area contributed by atoms with Gasteiger partial charge in [-0.1, -0.05) is 30.3 Å². The van der Waals surface area contributed by atoms with Gasteiger partial charge in [0.25, 0.3) is 5.91 Å². The van der Waals surface area contributed by atoms with Crippen LogP contribution in [-0.2, 0) is 11.2 Å². The van der Waals surface area contributed by atoms with E-state index in [0.29, 0.717) is 28.9 Å². The van der Waals surface area contributed by atoms with Crippen molar-refractivity contribution in [1.29, 1.82) is 0 Å². The van der Waals surface area contributed by atoms with Crippen LogP contribution in [-0.4, -0.2) is 25.6 Å². The Morgan fingerprint density at radius 1 is 0.919 bits per heavy atom. The molecule has 0 radical (unpaired) electrons. The van der Waals surface area contributed by atoms with E-state index in [4.69, 9.17) is 9.15 Å². The van der Waals surface area contributed by atoms with E-state index in [9.17, 15) is 9.59 Å². The predicted molar refractivity (Wildman–Crippen MR) is 148 cm³/mol. The summed E-state index contributed by atoms with van der Waals surface area (Å²) in [6.45, 7) is 5.81. The van der Waals surface area contributed by atoms with E-state index in [1.807, 2.05) is 80.6 Å². The largest absolute Gasteiger partial charge is 0.483 e. The molecule has 5 rings (SSSR count). The Labute approximate surface area is 216 Å². The Bertz CT molecular complexity index is 1450. The summed E-state index contributed by atoms with van der Waals surface area (Å²) in [5, 5.41) is 3.76. The van der Waals surface area contributed by atoms with Crippen molar-refractivity contribution in [1.82, 2.24) is 0 Å². The Hall–Kier alpha value is -4.06. The number of carbonyl (C=O) groups is 1. The van der Waals surface area contributed by atoms with Gasteiger partial charge < -0.3 is 19.4 Å². The van der Waals surface area contributed by atoms with Crippen LogP contribution in [0.15, 0.2) is 75.9 Å². The highest BCUT2D eigenvalue weighted by Crippen LogP contribution is 2.30. The molecule has 4 aromatic rings. The van der Waals surface area contributed by atoms with Crippen molar-refractivity contribution in [2.45, 2.75) is 39.5 Å². The normalized spacial score (nSPS) is 13.5. The number of aryl methyl sites for hydroxylation is 2. The smallest absolute Gasteiger partial charge is 0.340 e. The number of rotatable bonds is 7. The molecule has 0 bridgehead atoms. The lowest BCUT2D eigenvalue weighted by Gasteiger charge is -2.28. The Balaban J connectivity index is 1.26. The quantitative estimate of drug-likeness (QED) is 0.317. The minimum Gasteiger partial charge on any atom is -0.483 e. The number of amides is 1. The second-order valence-electron chi connectivity index (χ2n) is 9.65. The van der Waals surface area contributed by atoms with Gasteiger partial charge in [0.1, 0.15) is 11.3 Å². The van der Waals surface area contributed by atoms with Gasteiger partial charge in [0.05, 0.1) is 0 Å². The lowest BCUT2D eigenvalue weighted by atomic mass is 9.98. The number of hydrogen-bond acceptors (Lipinski definition) is 5. The molecule has 3 aromatic carbocycles. The van der Waals surface area contributed by atoms with Crippen LogP contribution in [0.5, 0.6) is 5.75 Å². The highest BCUT2D eigenvalue weighted by molar-refractivity contribution is 5.92. The maximum atomic E-state index is 12.8. The molecule has 1 saturated heterocycles. The maximum absolute atomic E-state index is 12.8. The fourth-order valence-corrected chi connectivity index (χ4v) is 4.98. The molecule has 1 aliphatic rings. The summed E-state index contributed by atoms with van der Waals surface area (Å²) in [5.41, 5.74) is 5.36. The minimum absolute atomic E-state index is 0.143. The van der Waals surface area contributed by atoms with Crippen molar-refractivity contribution in [2.75, 3.05) is 29.9 Å². The van der Waals surface area contributed by atoms with Gasteiger partial charge in [0, 0.05) is 47.4 Å². The number of fused-ring (bicyclic) bond motifs is 1. The molecule has 1 aliphatic heterocycles. The number of piperidine rings is 1. The molecule has 0 unspecified atom stereocenters. The number of benzene rings is 3.